The molecule has 0 radical (unpaired) electrons. The largest absolute Gasteiger partial charge is 0.459 e. The van der Waals surface area contributed by atoms with Crippen LogP contribution in [0.4, 0.5) is 0 Å². The fourth-order valence-corrected chi connectivity index (χ4v) is 2.07. The van der Waals surface area contributed by atoms with Crippen molar-refractivity contribution in [3.63, 3.8) is 0 Å². The molecule has 0 saturated heterocycles. The lowest BCUT2D eigenvalue weighted by Gasteiger charge is -2.09. The molecule has 0 aliphatic rings. The van der Waals surface area contributed by atoms with Gasteiger partial charge in [-0.2, -0.15) is 5.10 Å². The lowest BCUT2D eigenvalue weighted by molar-refractivity contribution is 0.0910. The average molecular weight is 317 g/mol. The summed E-state index contributed by atoms with van der Waals surface area (Å²) >= 11 is 5.86. The third-order valence-electron chi connectivity index (χ3n) is 3.11. The standard InChI is InChI=1S/C15H13ClN4O2/c1-9(17-15(21)12-3-2-8-22-12)13-18-14(20-19-13)10-4-6-11(16)7-5-10/h2-9H,1H3,(H,17,21)(H,18,19,20). The van der Waals surface area contributed by atoms with E-state index in [9.17, 15) is 4.79 Å². The van der Waals surface area contributed by atoms with Gasteiger partial charge in [0, 0.05) is 10.6 Å². The first-order valence-electron chi connectivity index (χ1n) is 6.66. The molecule has 1 unspecified atom stereocenters. The normalized spacial score (nSPS) is 12.1. The van der Waals surface area contributed by atoms with Crippen molar-refractivity contribution in [3.05, 3.63) is 59.3 Å². The molecular weight excluding hydrogens is 304 g/mol. The number of rotatable bonds is 4. The summed E-state index contributed by atoms with van der Waals surface area (Å²) < 4.78 is 5.05. The zero-order chi connectivity index (χ0) is 15.5. The van der Waals surface area contributed by atoms with Gasteiger partial charge in [0.2, 0.25) is 0 Å². The Labute approximate surface area is 131 Å². The lowest BCUT2D eigenvalue weighted by atomic mass is 10.2. The highest BCUT2D eigenvalue weighted by Gasteiger charge is 2.17. The van der Waals surface area contributed by atoms with Crippen LogP contribution in [-0.4, -0.2) is 21.1 Å². The monoisotopic (exact) mass is 316 g/mol. The number of H-pyrrole nitrogens is 1. The molecule has 0 aliphatic heterocycles. The Morgan fingerprint density at radius 1 is 1.32 bits per heavy atom. The number of carbonyl (C=O) groups is 1. The lowest BCUT2D eigenvalue weighted by Crippen LogP contribution is -2.27. The van der Waals surface area contributed by atoms with Gasteiger partial charge in [-0.1, -0.05) is 11.6 Å². The van der Waals surface area contributed by atoms with Crippen LogP contribution in [0.2, 0.25) is 5.02 Å². The highest BCUT2D eigenvalue weighted by atomic mass is 35.5. The van der Waals surface area contributed by atoms with Gasteiger partial charge in [0.15, 0.2) is 11.6 Å². The quantitative estimate of drug-likeness (QED) is 0.774. The van der Waals surface area contributed by atoms with Gasteiger partial charge in [-0.05, 0) is 43.3 Å². The van der Waals surface area contributed by atoms with Crippen molar-refractivity contribution in [2.45, 2.75) is 13.0 Å². The second-order valence-electron chi connectivity index (χ2n) is 4.72. The Morgan fingerprint density at radius 2 is 2.09 bits per heavy atom. The van der Waals surface area contributed by atoms with Crippen LogP contribution < -0.4 is 5.32 Å². The summed E-state index contributed by atoms with van der Waals surface area (Å²) in [5.74, 6) is 1.06. The number of hydrogen-bond donors (Lipinski definition) is 2. The Kier molecular flexibility index (Phi) is 3.93. The number of nitrogens with one attached hydrogen (secondary N) is 2. The zero-order valence-corrected chi connectivity index (χ0v) is 12.5. The maximum Gasteiger partial charge on any atom is 0.287 e. The molecule has 6 nitrogen and oxygen atoms in total. The molecule has 0 bridgehead atoms. The molecule has 0 spiro atoms. The van der Waals surface area contributed by atoms with Crippen molar-refractivity contribution >= 4 is 17.5 Å². The SMILES string of the molecule is CC(NC(=O)c1ccco1)c1nc(-c2ccc(Cl)cc2)n[nH]1. The highest BCUT2D eigenvalue weighted by Crippen LogP contribution is 2.19. The van der Waals surface area contributed by atoms with E-state index in [0.29, 0.717) is 16.7 Å². The van der Waals surface area contributed by atoms with E-state index in [4.69, 9.17) is 16.0 Å². The number of amides is 1. The first kappa shape index (κ1) is 14.3. The van der Waals surface area contributed by atoms with E-state index in [1.165, 1.54) is 6.26 Å². The molecule has 22 heavy (non-hydrogen) atoms. The summed E-state index contributed by atoms with van der Waals surface area (Å²) in [4.78, 5) is 16.3. The van der Waals surface area contributed by atoms with E-state index in [1.807, 2.05) is 19.1 Å². The Bertz CT molecular complexity index is 765. The van der Waals surface area contributed by atoms with E-state index < -0.39 is 0 Å². The van der Waals surface area contributed by atoms with Crippen molar-refractivity contribution in [3.8, 4) is 11.4 Å². The molecule has 2 aromatic heterocycles. The van der Waals surface area contributed by atoms with Gasteiger partial charge in [-0.15, -0.1) is 0 Å². The van der Waals surface area contributed by atoms with Crippen LogP contribution in [0.15, 0.2) is 47.1 Å². The molecule has 2 N–H and O–H groups in total. The van der Waals surface area contributed by atoms with Gasteiger partial charge >= 0.3 is 0 Å². The van der Waals surface area contributed by atoms with Crippen LogP contribution in [0.5, 0.6) is 0 Å². The maximum absolute atomic E-state index is 11.9. The molecule has 0 saturated carbocycles. The number of aromatic nitrogens is 3. The van der Waals surface area contributed by atoms with Gasteiger partial charge in [0.05, 0.1) is 12.3 Å². The molecule has 1 amide bonds. The van der Waals surface area contributed by atoms with E-state index in [2.05, 4.69) is 20.5 Å². The van der Waals surface area contributed by atoms with Crippen molar-refractivity contribution in [1.29, 1.82) is 0 Å². The van der Waals surface area contributed by atoms with Crippen LogP contribution in [0.1, 0.15) is 29.3 Å². The van der Waals surface area contributed by atoms with Gasteiger partial charge in [0.25, 0.3) is 5.91 Å². The molecule has 7 heteroatoms. The van der Waals surface area contributed by atoms with Crippen LogP contribution >= 0.6 is 11.6 Å². The minimum atomic E-state index is -0.328. The maximum atomic E-state index is 11.9. The smallest absolute Gasteiger partial charge is 0.287 e. The fourth-order valence-electron chi connectivity index (χ4n) is 1.94. The predicted molar refractivity (Wildman–Crippen MR) is 81.4 cm³/mol. The summed E-state index contributed by atoms with van der Waals surface area (Å²) in [5, 5.41) is 10.4. The molecule has 1 aromatic carbocycles. The molecule has 3 rings (SSSR count). The first-order valence-corrected chi connectivity index (χ1v) is 7.04. The van der Waals surface area contributed by atoms with Gasteiger partial charge in [-0.3, -0.25) is 9.89 Å². The first-order chi connectivity index (χ1) is 10.6. The second kappa shape index (κ2) is 6.03. The number of hydrogen-bond acceptors (Lipinski definition) is 4. The Balaban J connectivity index is 1.73. The molecule has 2 heterocycles. The van der Waals surface area contributed by atoms with Crippen LogP contribution in [0.3, 0.4) is 0 Å². The summed E-state index contributed by atoms with van der Waals surface area (Å²) in [6, 6.07) is 10.1. The predicted octanol–water partition coefficient (Wildman–Crippen LogP) is 3.21. The number of carbonyl (C=O) groups excluding carboxylic acids is 1. The summed E-state index contributed by atoms with van der Waals surface area (Å²) in [6.07, 6.45) is 1.45. The van der Waals surface area contributed by atoms with E-state index >= 15 is 0 Å². The minimum absolute atomic E-state index is 0.254. The molecule has 0 aliphatic carbocycles. The van der Waals surface area contributed by atoms with Crippen LogP contribution in [0.25, 0.3) is 11.4 Å². The molecule has 3 aromatic rings. The number of nitrogens with zero attached hydrogens (tertiary/aromatic N) is 2. The van der Waals surface area contributed by atoms with E-state index in [0.717, 1.165) is 5.56 Å². The molecule has 0 fully saturated rings. The van der Waals surface area contributed by atoms with E-state index in [-0.39, 0.29) is 17.7 Å². The van der Waals surface area contributed by atoms with E-state index in [1.54, 1.807) is 24.3 Å². The number of aromatic amines is 1. The van der Waals surface area contributed by atoms with Crippen molar-refractivity contribution in [2.24, 2.45) is 0 Å². The van der Waals surface area contributed by atoms with Crippen molar-refractivity contribution < 1.29 is 9.21 Å². The third-order valence-corrected chi connectivity index (χ3v) is 3.36. The molecule has 1 atom stereocenters. The molecular formula is C15H13ClN4O2. The van der Waals surface area contributed by atoms with Crippen molar-refractivity contribution in [1.82, 2.24) is 20.5 Å². The topological polar surface area (TPSA) is 83.8 Å². The number of furan rings is 1. The third kappa shape index (κ3) is 3.01. The second-order valence-corrected chi connectivity index (χ2v) is 5.16. The average Bonchev–Trinajstić information content (AvgIpc) is 3.20. The van der Waals surface area contributed by atoms with Crippen molar-refractivity contribution in [2.75, 3.05) is 0 Å². The van der Waals surface area contributed by atoms with Crippen LogP contribution in [0, 0.1) is 0 Å². The Morgan fingerprint density at radius 3 is 2.77 bits per heavy atom. The summed E-state index contributed by atoms with van der Waals surface area (Å²) in [7, 11) is 0. The molecule has 112 valence electrons. The zero-order valence-electron chi connectivity index (χ0n) is 11.7. The van der Waals surface area contributed by atoms with Gasteiger partial charge in [-0.25, -0.2) is 4.98 Å². The highest BCUT2D eigenvalue weighted by molar-refractivity contribution is 6.30. The van der Waals surface area contributed by atoms with Crippen LogP contribution in [-0.2, 0) is 0 Å². The van der Waals surface area contributed by atoms with Gasteiger partial charge < -0.3 is 9.73 Å². The number of halogens is 1. The number of benzene rings is 1. The summed E-state index contributed by atoms with van der Waals surface area (Å²) in [5.41, 5.74) is 0.844. The van der Waals surface area contributed by atoms with Gasteiger partial charge in [0.1, 0.15) is 5.82 Å². The minimum Gasteiger partial charge on any atom is -0.459 e. The fraction of sp³-hybridized carbons (Fsp3) is 0.133. The Hall–Kier alpha value is -2.60. The summed E-state index contributed by atoms with van der Waals surface area (Å²) in [6.45, 7) is 1.81.